The minimum Gasteiger partial charge on any atom is -0.455 e. The Balaban J connectivity index is 1.98. The molecule has 1 aliphatic rings. The van der Waals surface area contributed by atoms with E-state index in [2.05, 4.69) is 6.92 Å². The topological polar surface area (TPSA) is 148 Å². The Morgan fingerprint density at radius 3 is 1.42 bits per heavy atom. The lowest BCUT2D eigenvalue weighted by Gasteiger charge is -2.22. The number of hydrogen-bond donors (Lipinski definition) is 6. The van der Waals surface area contributed by atoms with Crippen molar-refractivity contribution in [2.45, 2.75) is 204 Å². The van der Waals surface area contributed by atoms with Crippen LogP contribution in [0.4, 0.5) is 0 Å². The zero-order chi connectivity index (χ0) is 31.9. The third-order valence-corrected chi connectivity index (χ3v) is 8.81. The van der Waals surface area contributed by atoms with Gasteiger partial charge in [-0.05, 0) is 64.4 Å². The number of aliphatic hydroxyl groups is 6. The Kier molecular flexibility index (Phi) is 23.4. The third kappa shape index (κ3) is 20.6. The summed E-state index contributed by atoms with van der Waals surface area (Å²) in [5.41, 5.74) is 0.532. The molecule has 0 saturated carbocycles. The first-order chi connectivity index (χ1) is 20.6. The van der Waals surface area contributed by atoms with Gasteiger partial charge in [-0.25, -0.2) is 4.79 Å². The minimum atomic E-state index is -0.907. The lowest BCUT2D eigenvalue weighted by Crippen LogP contribution is -2.31. The van der Waals surface area contributed by atoms with Gasteiger partial charge in [0.15, 0.2) is 0 Å². The Morgan fingerprint density at radius 2 is 0.953 bits per heavy atom. The number of carbonyl (C=O) groups is 1. The molecule has 8 nitrogen and oxygen atoms in total. The molecule has 1 heterocycles. The molecule has 0 radical (unpaired) electrons. The molecule has 43 heavy (non-hydrogen) atoms. The fourth-order valence-electron chi connectivity index (χ4n) is 5.91. The summed E-state index contributed by atoms with van der Waals surface area (Å²) in [6.45, 7) is 4.02. The number of rotatable bonds is 29. The highest BCUT2D eigenvalue weighted by molar-refractivity contribution is 5.90. The average molecular weight is 615 g/mol. The van der Waals surface area contributed by atoms with E-state index in [1.807, 2.05) is 0 Å². The largest absolute Gasteiger partial charge is 0.455 e. The molecule has 0 unspecified atom stereocenters. The van der Waals surface area contributed by atoms with Crippen LogP contribution in [0.3, 0.4) is 0 Å². The van der Waals surface area contributed by atoms with Crippen molar-refractivity contribution in [1.29, 1.82) is 0 Å². The molecule has 6 N–H and O–H groups in total. The fraction of sp³-hybridized carbons (Fsp3) is 0.914. The summed E-state index contributed by atoms with van der Waals surface area (Å²) in [6, 6.07) is 0. The van der Waals surface area contributed by atoms with E-state index in [0.29, 0.717) is 50.5 Å². The summed E-state index contributed by atoms with van der Waals surface area (Å²) in [6.07, 6.45) is 17.3. The van der Waals surface area contributed by atoms with Gasteiger partial charge in [0.2, 0.25) is 0 Å². The van der Waals surface area contributed by atoms with Crippen LogP contribution in [0.15, 0.2) is 11.6 Å². The lowest BCUT2D eigenvalue weighted by atomic mass is 9.96. The highest BCUT2D eigenvalue weighted by Crippen LogP contribution is 2.21. The first kappa shape index (κ1) is 40.0. The van der Waals surface area contributed by atoms with Crippen molar-refractivity contribution in [3.05, 3.63) is 11.6 Å². The predicted molar refractivity (Wildman–Crippen MR) is 172 cm³/mol. The minimum absolute atomic E-state index is 0.229. The van der Waals surface area contributed by atoms with Crippen LogP contribution in [0.25, 0.3) is 0 Å². The SMILES string of the molecule is CCCCCCCCCCCC[C@H](O)[C@H](O)CC[C@H](O)[C@H](O)CCCCCC[C@H](O)CCC[C@@H](O)CC1=C[C@H](C)OC1=O. The number of ether oxygens (including phenoxy) is 1. The van der Waals surface area contributed by atoms with Crippen molar-refractivity contribution in [3.8, 4) is 0 Å². The molecule has 7 atom stereocenters. The second-order valence-electron chi connectivity index (χ2n) is 13.1. The monoisotopic (exact) mass is 614 g/mol. The maximum atomic E-state index is 11.6. The number of carbonyl (C=O) groups excluding carboxylic acids is 1. The van der Waals surface area contributed by atoms with Crippen LogP contribution < -0.4 is 0 Å². The Hall–Kier alpha value is -1.03. The van der Waals surface area contributed by atoms with Gasteiger partial charge >= 0.3 is 5.97 Å². The van der Waals surface area contributed by atoms with Gasteiger partial charge in [0.1, 0.15) is 6.10 Å². The van der Waals surface area contributed by atoms with Gasteiger partial charge in [-0.15, -0.1) is 0 Å². The third-order valence-electron chi connectivity index (χ3n) is 8.81. The van der Waals surface area contributed by atoms with Crippen LogP contribution in [0.1, 0.15) is 162 Å². The highest BCUT2D eigenvalue weighted by Gasteiger charge is 2.24. The van der Waals surface area contributed by atoms with Gasteiger partial charge < -0.3 is 35.4 Å². The molecule has 0 aromatic carbocycles. The second-order valence-corrected chi connectivity index (χ2v) is 13.1. The first-order valence-corrected chi connectivity index (χ1v) is 17.6. The smallest absolute Gasteiger partial charge is 0.334 e. The fourth-order valence-corrected chi connectivity index (χ4v) is 5.91. The summed E-state index contributed by atoms with van der Waals surface area (Å²) in [7, 11) is 0. The summed E-state index contributed by atoms with van der Waals surface area (Å²) >= 11 is 0. The van der Waals surface area contributed by atoms with Crippen LogP contribution in [0.5, 0.6) is 0 Å². The quantitative estimate of drug-likeness (QED) is 0.0443. The molecule has 0 amide bonds. The van der Waals surface area contributed by atoms with Crippen molar-refractivity contribution in [3.63, 3.8) is 0 Å². The molecule has 0 aromatic rings. The van der Waals surface area contributed by atoms with Crippen LogP contribution in [0, 0.1) is 0 Å². The van der Waals surface area contributed by atoms with E-state index in [-0.39, 0.29) is 24.9 Å². The molecule has 1 aliphatic heterocycles. The van der Waals surface area contributed by atoms with Crippen molar-refractivity contribution < 1.29 is 40.2 Å². The Bertz CT molecular complexity index is 714. The molecule has 0 fully saturated rings. The maximum absolute atomic E-state index is 11.6. The summed E-state index contributed by atoms with van der Waals surface area (Å²) in [4.78, 5) is 11.6. The summed E-state index contributed by atoms with van der Waals surface area (Å²) < 4.78 is 5.04. The van der Waals surface area contributed by atoms with Crippen molar-refractivity contribution in [2.24, 2.45) is 0 Å². The zero-order valence-electron chi connectivity index (χ0n) is 27.4. The molecule has 0 bridgehead atoms. The van der Waals surface area contributed by atoms with E-state index in [4.69, 9.17) is 4.74 Å². The summed E-state index contributed by atoms with van der Waals surface area (Å²) in [5, 5.41) is 61.5. The molecular weight excluding hydrogens is 548 g/mol. The van der Waals surface area contributed by atoms with Crippen LogP contribution >= 0.6 is 0 Å². The molecule has 0 saturated heterocycles. The standard InChI is InChI=1S/C35H66O8/c1-3-4-5-6-7-8-9-10-11-15-21-31(38)33(40)23-24-34(41)32(39)22-16-13-12-14-18-29(36)19-17-20-30(37)26-28-25-27(2)43-35(28)42/h25,27,29-34,36-41H,3-24,26H2,1-2H3/t27-,29-,30+,31-,32+,33+,34-/m0/s1. The van der Waals surface area contributed by atoms with Crippen molar-refractivity contribution in [2.75, 3.05) is 0 Å². The summed E-state index contributed by atoms with van der Waals surface area (Å²) in [5.74, 6) is -0.350. The van der Waals surface area contributed by atoms with Crippen LogP contribution in [-0.4, -0.2) is 79.3 Å². The van der Waals surface area contributed by atoms with Crippen molar-refractivity contribution >= 4 is 5.97 Å². The molecule has 0 aromatic heterocycles. The number of aliphatic hydroxyl groups excluding tert-OH is 6. The maximum Gasteiger partial charge on any atom is 0.334 e. The Morgan fingerprint density at radius 1 is 0.558 bits per heavy atom. The molecule has 254 valence electrons. The zero-order valence-corrected chi connectivity index (χ0v) is 27.4. The molecule has 0 spiro atoms. The van der Waals surface area contributed by atoms with Gasteiger partial charge in [-0.2, -0.15) is 0 Å². The molecule has 8 heteroatoms. The van der Waals surface area contributed by atoms with E-state index in [9.17, 15) is 35.4 Å². The molecular formula is C35H66O8. The Labute approximate surface area is 261 Å². The highest BCUT2D eigenvalue weighted by atomic mass is 16.5. The van der Waals surface area contributed by atoms with E-state index >= 15 is 0 Å². The number of hydrogen-bond acceptors (Lipinski definition) is 8. The van der Waals surface area contributed by atoms with Crippen LogP contribution in [-0.2, 0) is 9.53 Å². The lowest BCUT2D eigenvalue weighted by molar-refractivity contribution is -0.139. The predicted octanol–water partition coefficient (Wildman–Crippen LogP) is 6.02. The van der Waals surface area contributed by atoms with E-state index in [1.54, 1.807) is 13.0 Å². The van der Waals surface area contributed by atoms with Crippen molar-refractivity contribution in [1.82, 2.24) is 0 Å². The number of unbranched alkanes of at least 4 members (excludes halogenated alkanes) is 12. The van der Waals surface area contributed by atoms with Gasteiger partial charge in [0.25, 0.3) is 0 Å². The van der Waals surface area contributed by atoms with Gasteiger partial charge in [-0.3, -0.25) is 0 Å². The molecule has 0 aliphatic carbocycles. The van der Waals surface area contributed by atoms with Gasteiger partial charge in [-0.1, -0.05) is 96.8 Å². The van der Waals surface area contributed by atoms with Crippen LogP contribution in [0.2, 0.25) is 0 Å². The van der Waals surface area contributed by atoms with E-state index in [0.717, 1.165) is 38.5 Å². The van der Waals surface area contributed by atoms with Gasteiger partial charge in [0.05, 0.1) is 36.6 Å². The average Bonchev–Trinajstić information content (AvgIpc) is 3.29. The number of cyclic esters (lactones) is 1. The number of esters is 1. The normalized spacial score (nSPS) is 19.5. The second kappa shape index (κ2) is 25.2. The van der Waals surface area contributed by atoms with Gasteiger partial charge in [0, 0.05) is 12.0 Å². The van der Waals surface area contributed by atoms with E-state index < -0.39 is 36.6 Å². The first-order valence-electron chi connectivity index (χ1n) is 17.6. The van der Waals surface area contributed by atoms with E-state index in [1.165, 1.54) is 51.4 Å². The molecule has 1 rings (SSSR count).